The van der Waals surface area contributed by atoms with Crippen molar-refractivity contribution >= 4 is 11.6 Å². The zero-order chi connectivity index (χ0) is 9.84. The van der Waals surface area contributed by atoms with E-state index in [1.165, 1.54) is 0 Å². The highest BCUT2D eigenvalue weighted by Gasteiger charge is 2.03. The van der Waals surface area contributed by atoms with Gasteiger partial charge in [-0.1, -0.05) is 0 Å². The number of rotatable bonds is 3. The van der Waals surface area contributed by atoms with Gasteiger partial charge in [-0.15, -0.1) is 0 Å². The first-order valence-electron chi connectivity index (χ1n) is 4.07. The van der Waals surface area contributed by atoms with Gasteiger partial charge < -0.3 is 10.6 Å². The standard InChI is InChI=1S/C8H14N4O/c1-11(2)8(13)3-4-12-6-7(9)5-10-12/h5-6H,3-4,9H2,1-2H3. The maximum atomic E-state index is 11.2. The molecule has 0 aliphatic carbocycles. The molecule has 0 fully saturated rings. The molecule has 0 aliphatic rings. The summed E-state index contributed by atoms with van der Waals surface area (Å²) in [7, 11) is 3.47. The average Bonchev–Trinajstić information content (AvgIpc) is 2.47. The van der Waals surface area contributed by atoms with Gasteiger partial charge in [0, 0.05) is 33.3 Å². The van der Waals surface area contributed by atoms with Crippen molar-refractivity contribution in [1.82, 2.24) is 14.7 Å². The maximum absolute atomic E-state index is 11.2. The molecule has 2 N–H and O–H groups in total. The topological polar surface area (TPSA) is 64.2 Å². The molecule has 0 bridgehead atoms. The van der Waals surface area contributed by atoms with Crippen LogP contribution in [0.1, 0.15) is 6.42 Å². The summed E-state index contributed by atoms with van der Waals surface area (Å²) in [4.78, 5) is 12.7. The Bertz CT molecular complexity index is 292. The Morgan fingerprint density at radius 2 is 2.38 bits per heavy atom. The predicted octanol–water partition coefficient (Wildman–Crippen LogP) is -0.0564. The number of aromatic nitrogens is 2. The number of hydrogen-bond donors (Lipinski definition) is 1. The second kappa shape index (κ2) is 3.93. The van der Waals surface area contributed by atoms with E-state index in [4.69, 9.17) is 5.73 Å². The lowest BCUT2D eigenvalue weighted by atomic mass is 10.4. The van der Waals surface area contributed by atoms with Crippen molar-refractivity contribution in [3.8, 4) is 0 Å². The Hall–Kier alpha value is -1.52. The van der Waals surface area contributed by atoms with E-state index in [-0.39, 0.29) is 5.91 Å². The van der Waals surface area contributed by atoms with E-state index in [0.29, 0.717) is 18.7 Å². The number of hydrogen-bond acceptors (Lipinski definition) is 3. The number of aryl methyl sites for hydroxylation is 1. The molecule has 5 nitrogen and oxygen atoms in total. The molecule has 1 aromatic rings. The quantitative estimate of drug-likeness (QED) is 0.712. The number of nitrogens with zero attached hydrogens (tertiary/aromatic N) is 3. The summed E-state index contributed by atoms with van der Waals surface area (Å²) >= 11 is 0. The van der Waals surface area contributed by atoms with Gasteiger partial charge in [0.05, 0.1) is 11.9 Å². The highest BCUT2D eigenvalue weighted by atomic mass is 16.2. The van der Waals surface area contributed by atoms with E-state index in [0.717, 1.165) is 0 Å². The van der Waals surface area contributed by atoms with Crippen molar-refractivity contribution in [2.24, 2.45) is 0 Å². The molecule has 0 saturated carbocycles. The number of nitrogens with two attached hydrogens (primary N) is 1. The first-order valence-corrected chi connectivity index (χ1v) is 4.07. The van der Waals surface area contributed by atoms with E-state index < -0.39 is 0 Å². The number of carbonyl (C=O) groups is 1. The van der Waals surface area contributed by atoms with Crippen LogP contribution in [-0.4, -0.2) is 34.7 Å². The van der Waals surface area contributed by atoms with E-state index in [9.17, 15) is 4.79 Å². The zero-order valence-corrected chi connectivity index (χ0v) is 7.90. The molecule has 0 aromatic carbocycles. The maximum Gasteiger partial charge on any atom is 0.223 e. The number of amides is 1. The molecule has 1 aromatic heterocycles. The number of nitrogen functional groups attached to an aromatic ring is 1. The minimum Gasteiger partial charge on any atom is -0.396 e. The first kappa shape index (κ1) is 9.57. The van der Waals surface area contributed by atoms with Crippen LogP contribution in [0.2, 0.25) is 0 Å². The molecule has 0 unspecified atom stereocenters. The van der Waals surface area contributed by atoms with Crippen molar-refractivity contribution in [2.45, 2.75) is 13.0 Å². The minimum absolute atomic E-state index is 0.0917. The van der Waals surface area contributed by atoms with Gasteiger partial charge in [-0.2, -0.15) is 5.10 Å². The first-order chi connectivity index (χ1) is 6.09. The SMILES string of the molecule is CN(C)C(=O)CCn1cc(N)cn1. The van der Waals surface area contributed by atoms with Gasteiger partial charge in [0.2, 0.25) is 5.91 Å². The summed E-state index contributed by atoms with van der Waals surface area (Å²) in [6.45, 7) is 0.578. The average molecular weight is 182 g/mol. The third-order valence-electron chi connectivity index (χ3n) is 1.71. The van der Waals surface area contributed by atoms with E-state index >= 15 is 0 Å². The Morgan fingerprint density at radius 3 is 2.85 bits per heavy atom. The second-order valence-electron chi connectivity index (χ2n) is 3.07. The largest absolute Gasteiger partial charge is 0.396 e. The van der Waals surface area contributed by atoms with Crippen LogP contribution in [0.5, 0.6) is 0 Å². The van der Waals surface area contributed by atoms with Crippen molar-refractivity contribution < 1.29 is 4.79 Å². The molecule has 0 saturated heterocycles. The van der Waals surface area contributed by atoms with Gasteiger partial charge in [0.25, 0.3) is 0 Å². The van der Waals surface area contributed by atoms with Crippen molar-refractivity contribution in [2.75, 3.05) is 19.8 Å². The molecule has 1 rings (SSSR count). The van der Waals surface area contributed by atoms with Gasteiger partial charge in [-0.3, -0.25) is 9.48 Å². The molecule has 0 atom stereocenters. The van der Waals surface area contributed by atoms with Gasteiger partial charge in [-0.25, -0.2) is 0 Å². The third-order valence-corrected chi connectivity index (χ3v) is 1.71. The smallest absolute Gasteiger partial charge is 0.223 e. The number of anilines is 1. The molecule has 72 valence electrons. The molecule has 0 spiro atoms. The van der Waals surface area contributed by atoms with Gasteiger partial charge >= 0.3 is 0 Å². The molecule has 13 heavy (non-hydrogen) atoms. The van der Waals surface area contributed by atoms with Crippen LogP contribution in [0.4, 0.5) is 5.69 Å². The lowest BCUT2D eigenvalue weighted by Crippen LogP contribution is -2.22. The minimum atomic E-state index is 0.0917. The van der Waals surface area contributed by atoms with Crippen LogP contribution in [0.25, 0.3) is 0 Å². The second-order valence-corrected chi connectivity index (χ2v) is 3.07. The normalized spacial score (nSPS) is 10.0. The van der Waals surface area contributed by atoms with Crippen molar-refractivity contribution in [1.29, 1.82) is 0 Å². The van der Waals surface area contributed by atoms with Crippen LogP contribution >= 0.6 is 0 Å². The fourth-order valence-corrected chi connectivity index (χ4v) is 0.936. The lowest BCUT2D eigenvalue weighted by Gasteiger charge is -2.09. The third kappa shape index (κ3) is 2.77. The molecule has 0 radical (unpaired) electrons. The van der Waals surface area contributed by atoms with Gasteiger partial charge in [0.15, 0.2) is 0 Å². The van der Waals surface area contributed by atoms with E-state index in [2.05, 4.69) is 5.10 Å². The molecule has 5 heteroatoms. The Labute approximate surface area is 77.1 Å². The summed E-state index contributed by atoms with van der Waals surface area (Å²) < 4.78 is 1.66. The summed E-state index contributed by atoms with van der Waals surface area (Å²) in [6.07, 6.45) is 3.73. The fraction of sp³-hybridized carbons (Fsp3) is 0.500. The highest BCUT2D eigenvalue weighted by molar-refractivity contribution is 5.75. The Balaban J connectivity index is 2.39. The fourth-order valence-electron chi connectivity index (χ4n) is 0.936. The highest BCUT2D eigenvalue weighted by Crippen LogP contribution is 1.99. The van der Waals surface area contributed by atoms with Gasteiger partial charge in [0.1, 0.15) is 0 Å². The van der Waals surface area contributed by atoms with Crippen LogP contribution in [0.3, 0.4) is 0 Å². The van der Waals surface area contributed by atoms with E-state index in [1.54, 1.807) is 36.1 Å². The summed E-state index contributed by atoms with van der Waals surface area (Å²) in [5, 5.41) is 3.97. The van der Waals surface area contributed by atoms with E-state index in [1.807, 2.05) is 0 Å². The van der Waals surface area contributed by atoms with Crippen LogP contribution < -0.4 is 5.73 Å². The summed E-state index contributed by atoms with van der Waals surface area (Å²) in [6, 6.07) is 0. The zero-order valence-electron chi connectivity index (χ0n) is 7.90. The Kier molecular flexibility index (Phi) is 2.89. The molecule has 1 heterocycles. The lowest BCUT2D eigenvalue weighted by molar-refractivity contribution is -0.128. The van der Waals surface area contributed by atoms with Gasteiger partial charge in [-0.05, 0) is 0 Å². The monoisotopic (exact) mass is 182 g/mol. The predicted molar refractivity (Wildman–Crippen MR) is 50.0 cm³/mol. The molecular weight excluding hydrogens is 168 g/mol. The van der Waals surface area contributed by atoms with Crippen LogP contribution in [-0.2, 0) is 11.3 Å². The van der Waals surface area contributed by atoms with Crippen molar-refractivity contribution in [3.63, 3.8) is 0 Å². The summed E-state index contributed by atoms with van der Waals surface area (Å²) in [5.74, 6) is 0.0917. The van der Waals surface area contributed by atoms with Crippen LogP contribution in [0, 0.1) is 0 Å². The Morgan fingerprint density at radius 1 is 1.69 bits per heavy atom. The molecule has 0 aliphatic heterocycles. The molecule has 1 amide bonds. The summed E-state index contributed by atoms with van der Waals surface area (Å²) in [5.41, 5.74) is 6.09. The molecular formula is C8H14N4O. The van der Waals surface area contributed by atoms with Crippen molar-refractivity contribution in [3.05, 3.63) is 12.4 Å². The number of carbonyl (C=O) groups excluding carboxylic acids is 1. The van der Waals surface area contributed by atoms with Crippen LogP contribution in [0.15, 0.2) is 12.4 Å².